The summed E-state index contributed by atoms with van der Waals surface area (Å²) in [5.74, 6) is 0.368. The lowest BCUT2D eigenvalue weighted by atomic mass is 9.98. The number of alkyl halides is 1. The summed E-state index contributed by atoms with van der Waals surface area (Å²) < 4.78 is 0. The number of halogens is 2. The van der Waals surface area contributed by atoms with E-state index >= 15 is 0 Å². The highest BCUT2D eigenvalue weighted by atomic mass is 35.5. The van der Waals surface area contributed by atoms with Crippen molar-refractivity contribution in [3.05, 3.63) is 46.6 Å². The molecule has 4 heteroatoms. The molecule has 0 saturated carbocycles. The van der Waals surface area contributed by atoms with Crippen molar-refractivity contribution in [3.8, 4) is 11.3 Å². The zero-order valence-corrected chi connectivity index (χ0v) is 12.4. The van der Waals surface area contributed by atoms with Crippen LogP contribution in [0.5, 0.6) is 0 Å². The van der Waals surface area contributed by atoms with Gasteiger partial charge in [0.1, 0.15) is 0 Å². The quantitative estimate of drug-likeness (QED) is 0.735. The number of rotatable bonds is 5. The summed E-state index contributed by atoms with van der Waals surface area (Å²) in [6, 6.07) is 10.0. The molecule has 0 aliphatic rings. The van der Waals surface area contributed by atoms with Crippen LogP contribution in [-0.2, 0) is 12.3 Å². The van der Waals surface area contributed by atoms with Gasteiger partial charge in [-0.2, -0.15) is 0 Å². The average Bonchev–Trinajstić information content (AvgIpc) is 2.46. The minimum absolute atomic E-state index is 0.368. The molecule has 0 aliphatic carbocycles. The maximum atomic E-state index is 6.11. The summed E-state index contributed by atoms with van der Waals surface area (Å²) >= 11 is 12.1. The van der Waals surface area contributed by atoms with E-state index in [1.807, 2.05) is 30.3 Å². The lowest BCUT2D eigenvalue weighted by Crippen LogP contribution is -2.03. The second kappa shape index (κ2) is 6.88. The topological polar surface area (TPSA) is 25.8 Å². The molecule has 19 heavy (non-hydrogen) atoms. The van der Waals surface area contributed by atoms with Crippen LogP contribution in [0.3, 0.4) is 0 Å². The number of benzene rings is 1. The molecule has 1 heterocycles. The van der Waals surface area contributed by atoms with E-state index in [0.717, 1.165) is 41.6 Å². The summed E-state index contributed by atoms with van der Waals surface area (Å²) in [5, 5.41) is 8.71. The zero-order valence-electron chi connectivity index (χ0n) is 10.9. The summed E-state index contributed by atoms with van der Waals surface area (Å²) in [6.07, 6.45) is 3.14. The maximum Gasteiger partial charge on any atom is 0.156 e. The third-order valence-corrected chi connectivity index (χ3v) is 3.67. The summed E-state index contributed by atoms with van der Waals surface area (Å²) in [5.41, 5.74) is 3.99. The van der Waals surface area contributed by atoms with Crippen molar-refractivity contribution in [2.24, 2.45) is 0 Å². The van der Waals surface area contributed by atoms with Crippen LogP contribution in [0.25, 0.3) is 11.3 Å². The second-order valence-corrected chi connectivity index (χ2v) is 5.03. The predicted octanol–water partition coefficient (Wildman–Crippen LogP) is 4.88. The highest BCUT2D eigenvalue weighted by Crippen LogP contribution is 2.29. The Bertz CT molecular complexity index is 541. The van der Waals surface area contributed by atoms with E-state index in [2.05, 4.69) is 17.1 Å². The maximum absolute atomic E-state index is 6.11. The molecular weight excluding hydrogens is 279 g/mol. The van der Waals surface area contributed by atoms with E-state index in [1.165, 1.54) is 0 Å². The number of hydrogen-bond donors (Lipinski definition) is 0. The number of aromatic nitrogens is 2. The Morgan fingerprint density at radius 1 is 1.05 bits per heavy atom. The molecule has 0 radical (unpaired) electrons. The van der Waals surface area contributed by atoms with Gasteiger partial charge >= 0.3 is 0 Å². The molecular formula is C15H16Cl2N2. The van der Waals surface area contributed by atoms with Crippen molar-refractivity contribution in [1.29, 1.82) is 0 Å². The predicted molar refractivity (Wildman–Crippen MR) is 80.6 cm³/mol. The van der Waals surface area contributed by atoms with Crippen LogP contribution in [0.15, 0.2) is 30.3 Å². The normalized spacial score (nSPS) is 10.7. The van der Waals surface area contributed by atoms with E-state index in [4.69, 9.17) is 23.2 Å². The van der Waals surface area contributed by atoms with Gasteiger partial charge in [0.15, 0.2) is 5.15 Å². The Kier molecular flexibility index (Phi) is 5.17. The van der Waals surface area contributed by atoms with Gasteiger partial charge in [-0.25, -0.2) is 0 Å². The van der Waals surface area contributed by atoms with Crippen LogP contribution in [0.4, 0.5) is 0 Å². The molecule has 0 amide bonds. The van der Waals surface area contributed by atoms with Gasteiger partial charge in [0.2, 0.25) is 0 Å². The highest BCUT2D eigenvalue weighted by Gasteiger charge is 2.15. The van der Waals surface area contributed by atoms with Crippen molar-refractivity contribution in [3.63, 3.8) is 0 Å². The molecule has 2 rings (SSSR count). The van der Waals surface area contributed by atoms with Crippen LogP contribution in [0.2, 0.25) is 5.15 Å². The molecule has 1 aromatic carbocycles. The number of nitrogens with zero attached hydrogens (tertiary/aromatic N) is 2. The van der Waals surface area contributed by atoms with Gasteiger partial charge in [0, 0.05) is 11.1 Å². The summed E-state index contributed by atoms with van der Waals surface area (Å²) in [4.78, 5) is 0. The first-order valence-corrected chi connectivity index (χ1v) is 7.34. The fraction of sp³-hybridized carbons (Fsp3) is 0.333. The first-order valence-electron chi connectivity index (χ1n) is 6.43. The van der Waals surface area contributed by atoms with Gasteiger partial charge in [0.05, 0.1) is 11.6 Å². The molecule has 100 valence electrons. The molecule has 0 atom stereocenters. The van der Waals surface area contributed by atoms with E-state index in [0.29, 0.717) is 11.0 Å². The average molecular weight is 295 g/mol. The zero-order chi connectivity index (χ0) is 13.7. The van der Waals surface area contributed by atoms with Crippen molar-refractivity contribution in [2.75, 3.05) is 0 Å². The van der Waals surface area contributed by atoms with Crippen LogP contribution in [-0.4, -0.2) is 10.2 Å². The third kappa shape index (κ3) is 3.26. The van der Waals surface area contributed by atoms with Gasteiger partial charge in [0.25, 0.3) is 0 Å². The Hall–Kier alpha value is -1.12. The Labute approximate surface area is 123 Å². The molecule has 0 bridgehead atoms. The molecule has 0 N–H and O–H groups in total. The monoisotopic (exact) mass is 294 g/mol. The Balaban J connectivity index is 2.53. The van der Waals surface area contributed by atoms with Gasteiger partial charge in [-0.1, -0.05) is 55.3 Å². The smallest absolute Gasteiger partial charge is 0.149 e. The van der Waals surface area contributed by atoms with Crippen LogP contribution in [0.1, 0.15) is 30.9 Å². The lowest BCUT2D eigenvalue weighted by molar-refractivity contribution is 0.783. The van der Waals surface area contributed by atoms with E-state index in [9.17, 15) is 0 Å². The lowest BCUT2D eigenvalue weighted by Gasteiger charge is -2.13. The van der Waals surface area contributed by atoms with Gasteiger partial charge in [-0.3, -0.25) is 0 Å². The fourth-order valence-electron chi connectivity index (χ4n) is 2.07. The minimum atomic E-state index is 0.368. The molecule has 0 spiro atoms. The van der Waals surface area contributed by atoms with Crippen molar-refractivity contribution < 1.29 is 0 Å². The minimum Gasteiger partial charge on any atom is -0.149 e. The SMILES string of the molecule is CCCCc1c(-c2ccccc2)nnc(Cl)c1CCl. The Morgan fingerprint density at radius 3 is 2.42 bits per heavy atom. The first kappa shape index (κ1) is 14.3. The molecule has 2 nitrogen and oxygen atoms in total. The molecule has 0 saturated heterocycles. The summed E-state index contributed by atoms with van der Waals surface area (Å²) in [7, 11) is 0. The second-order valence-electron chi connectivity index (χ2n) is 4.40. The third-order valence-electron chi connectivity index (χ3n) is 3.10. The van der Waals surface area contributed by atoms with Crippen LogP contribution >= 0.6 is 23.2 Å². The van der Waals surface area contributed by atoms with Crippen LogP contribution in [0, 0.1) is 0 Å². The highest BCUT2D eigenvalue weighted by molar-refractivity contribution is 6.31. The van der Waals surface area contributed by atoms with Gasteiger partial charge in [-0.15, -0.1) is 21.8 Å². The molecule has 0 fully saturated rings. The number of unbranched alkanes of at least 4 members (excludes halogenated alkanes) is 1. The Morgan fingerprint density at radius 2 is 1.79 bits per heavy atom. The number of hydrogen-bond acceptors (Lipinski definition) is 2. The first-order chi connectivity index (χ1) is 9.27. The van der Waals surface area contributed by atoms with Crippen molar-refractivity contribution in [2.45, 2.75) is 32.1 Å². The molecule has 2 aromatic rings. The van der Waals surface area contributed by atoms with Crippen LogP contribution < -0.4 is 0 Å². The van der Waals surface area contributed by atoms with Crippen molar-refractivity contribution in [1.82, 2.24) is 10.2 Å². The molecule has 1 aromatic heterocycles. The van der Waals surface area contributed by atoms with Crippen molar-refractivity contribution >= 4 is 23.2 Å². The van der Waals surface area contributed by atoms with Gasteiger partial charge in [-0.05, 0) is 18.4 Å². The molecule has 0 unspecified atom stereocenters. The molecule has 0 aliphatic heterocycles. The standard InChI is InChI=1S/C15H16Cl2N2/c1-2-3-9-12-13(10-16)15(17)19-18-14(12)11-7-5-4-6-8-11/h4-8H,2-3,9-10H2,1H3. The summed E-state index contributed by atoms with van der Waals surface area (Å²) in [6.45, 7) is 2.17. The van der Waals surface area contributed by atoms with E-state index in [1.54, 1.807) is 0 Å². The van der Waals surface area contributed by atoms with Gasteiger partial charge < -0.3 is 0 Å². The largest absolute Gasteiger partial charge is 0.156 e. The fourth-order valence-corrected chi connectivity index (χ4v) is 2.64. The van der Waals surface area contributed by atoms with E-state index in [-0.39, 0.29) is 0 Å². The van der Waals surface area contributed by atoms with E-state index < -0.39 is 0 Å².